The highest BCUT2D eigenvalue weighted by Crippen LogP contribution is 2.12. The maximum absolute atomic E-state index is 11.8. The summed E-state index contributed by atoms with van der Waals surface area (Å²) in [7, 11) is 0. The Morgan fingerprint density at radius 2 is 2.15 bits per heavy atom. The molecular weight excluding hydrogens is 280 g/mol. The molecule has 1 rings (SSSR count). The van der Waals surface area contributed by atoms with Crippen LogP contribution in [0.3, 0.4) is 0 Å². The van der Waals surface area contributed by atoms with E-state index >= 15 is 0 Å². The lowest BCUT2D eigenvalue weighted by molar-refractivity contribution is -0.137. The lowest BCUT2D eigenvalue weighted by atomic mass is 10.1. The van der Waals surface area contributed by atoms with Gasteiger partial charge in [0.05, 0.1) is 6.04 Å². The van der Waals surface area contributed by atoms with Crippen LogP contribution in [0.25, 0.3) is 0 Å². The summed E-state index contributed by atoms with van der Waals surface area (Å²) in [5, 5.41) is 12.0. The normalized spacial score (nSPS) is 13.6. The van der Waals surface area contributed by atoms with E-state index in [1.165, 1.54) is 0 Å². The average Bonchev–Trinajstić information content (AvgIpc) is 2.35. The van der Waals surface area contributed by atoms with Gasteiger partial charge in [-0.15, -0.1) is 0 Å². The molecule has 2 unspecified atom stereocenters. The minimum absolute atomic E-state index is 0.100. The largest absolute Gasteiger partial charge is 0.481 e. The van der Waals surface area contributed by atoms with Crippen molar-refractivity contribution in [3.8, 4) is 0 Å². The Morgan fingerprint density at radius 3 is 2.75 bits per heavy atom. The van der Waals surface area contributed by atoms with Gasteiger partial charge in [-0.2, -0.15) is 0 Å². The number of rotatable bonds is 7. The molecule has 0 saturated heterocycles. The number of nitrogens with two attached hydrogens (primary N) is 1. The zero-order valence-corrected chi connectivity index (χ0v) is 12.1. The van der Waals surface area contributed by atoms with Gasteiger partial charge in [0.2, 0.25) is 5.91 Å². The third-order valence-corrected chi connectivity index (χ3v) is 3.06. The SMILES string of the molecule is CC(Cc1cccc(Cl)c1)NC(=O)C(N)CCC(=O)O. The number of amides is 1. The van der Waals surface area contributed by atoms with Crippen molar-refractivity contribution in [2.45, 2.75) is 38.3 Å². The summed E-state index contributed by atoms with van der Waals surface area (Å²) in [5.41, 5.74) is 6.65. The van der Waals surface area contributed by atoms with Crippen LogP contribution in [-0.4, -0.2) is 29.1 Å². The van der Waals surface area contributed by atoms with Gasteiger partial charge >= 0.3 is 5.97 Å². The van der Waals surface area contributed by atoms with Gasteiger partial charge in [-0.1, -0.05) is 23.7 Å². The summed E-state index contributed by atoms with van der Waals surface area (Å²) >= 11 is 5.89. The van der Waals surface area contributed by atoms with Gasteiger partial charge in [-0.3, -0.25) is 9.59 Å². The van der Waals surface area contributed by atoms with Crippen LogP contribution in [0, 0.1) is 0 Å². The van der Waals surface area contributed by atoms with Crippen molar-refractivity contribution in [1.82, 2.24) is 5.32 Å². The van der Waals surface area contributed by atoms with Gasteiger partial charge in [0, 0.05) is 17.5 Å². The van der Waals surface area contributed by atoms with Crippen LogP contribution >= 0.6 is 11.6 Å². The van der Waals surface area contributed by atoms with E-state index in [4.69, 9.17) is 22.4 Å². The third-order valence-electron chi connectivity index (χ3n) is 2.83. The van der Waals surface area contributed by atoms with E-state index in [1.54, 1.807) is 6.07 Å². The zero-order chi connectivity index (χ0) is 15.1. The fourth-order valence-corrected chi connectivity index (χ4v) is 2.04. The molecule has 2 atom stereocenters. The number of hydrogen-bond donors (Lipinski definition) is 3. The molecule has 1 amide bonds. The van der Waals surface area contributed by atoms with E-state index in [9.17, 15) is 9.59 Å². The van der Waals surface area contributed by atoms with Crippen molar-refractivity contribution in [1.29, 1.82) is 0 Å². The number of carbonyl (C=O) groups is 2. The molecule has 0 aliphatic heterocycles. The second-order valence-electron chi connectivity index (χ2n) is 4.78. The van der Waals surface area contributed by atoms with E-state index < -0.39 is 12.0 Å². The predicted molar refractivity (Wildman–Crippen MR) is 77.6 cm³/mol. The summed E-state index contributed by atoms with van der Waals surface area (Å²) in [5.74, 6) is -1.29. The van der Waals surface area contributed by atoms with E-state index in [2.05, 4.69) is 5.32 Å². The minimum Gasteiger partial charge on any atom is -0.481 e. The lowest BCUT2D eigenvalue weighted by Gasteiger charge is -2.17. The molecule has 0 aliphatic carbocycles. The topological polar surface area (TPSA) is 92.4 Å². The molecule has 0 radical (unpaired) electrons. The first-order chi connectivity index (χ1) is 9.38. The second kappa shape index (κ2) is 7.87. The van der Waals surface area contributed by atoms with Crippen LogP contribution < -0.4 is 11.1 Å². The number of carbonyl (C=O) groups excluding carboxylic acids is 1. The Kier molecular flexibility index (Phi) is 6.48. The highest BCUT2D eigenvalue weighted by Gasteiger charge is 2.17. The Balaban J connectivity index is 2.43. The summed E-state index contributed by atoms with van der Waals surface area (Å²) < 4.78 is 0. The van der Waals surface area contributed by atoms with Crippen molar-refractivity contribution >= 4 is 23.5 Å². The number of carboxylic acid groups (broad SMARTS) is 1. The molecular formula is C14H19ClN2O3. The van der Waals surface area contributed by atoms with E-state index in [0.717, 1.165) is 5.56 Å². The van der Waals surface area contributed by atoms with E-state index in [1.807, 2.05) is 25.1 Å². The molecule has 0 bridgehead atoms. The molecule has 0 saturated carbocycles. The van der Waals surface area contributed by atoms with Gasteiger partial charge in [0.15, 0.2) is 0 Å². The van der Waals surface area contributed by atoms with Crippen molar-refractivity contribution in [3.63, 3.8) is 0 Å². The number of halogens is 1. The van der Waals surface area contributed by atoms with E-state index in [-0.39, 0.29) is 24.8 Å². The smallest absolute Gasteiger partial charge is 0.303 e. The molecule has 110 valence electrons. The quantitative estimate of drug-likeness (QED) is 0.712. The zero-order valence-electron chi connectivity index (χ0n) is 11.3. The first-order valence-corrected chi connectivity index (χ1v) is 6.78. The average molecular weight is 299 g/mol. The molecule has 5 nitrogen and oxygen atoms in total. The Hall–Kier alpha value is -1.59. The molecule has 6 heteroatoms. The van der Waals surface area contributed by atoms with Crippen molar-refractivity contribution in [3.05, 3.63) is 34.9 Å². The van der Waals surface area contributed by atoms with Crippen LogP contribution in [0.15, 0.2) is 24.3 Å². The van der Waals surface area contributed by atoms with Crippen LogP contribution in [0.2, 0.25) is 5.02 Å². The Labute approximate surface area is 123 Å². The molecule has 0 fully saturated rings. The minimum atomic E-state index is -0.958. The first-order valence-electron chi connectivity index (χ1n) is 6.40. The molecule has 0 heterocycles. The predicted octanol–water partition coefficient (Wildman–Crippen LogP) is 1.58. The van der Waals surface area contributed by atoms with Gasteiger partial charge in [0.25, 0.3) is 0 Å². The molecule has 1 aromatic carbocycles. The molecule has 0 aromatic heterocycles. The molecule has 0 aliphatic rings. The summed E-state index contributed by atoms with van der Waals surface area (Å²) in [6, 6.07) is 6.51. The first kappa shape index (κ1) is 16.5. The van der Waals surface area contributed by atoms with Crippen LogP contribution in [0.1, 0.15) is 25.3 Å². The maximum atomic E-state index is 11.8. The fraction of sp³-hybridized carbons (Fsp3) is 0.429. The molecule has 4 N–H and O–H groups in total. The summed E-state index contributed by atoms with van der Waals surface area (Å²) in [6.45, 7) is 1.86. The van der Waals surface area contributed by atoms with Crippen LogP contribution in [0.5, 0.6) is 0 Å². The van der Waals surface area contributed by atoms with Crippen molar-refractivity contribution in [2.24, 2.45) is 5.73 Å². The monoisotopic (exact) mass is 298 g/mol. The van der Waals surface area contributed by atoms with Crippen molar-refractivity contribution < 1.29 is 14.7 Å². The number of hydrogen-bond acceptors (Lipinski definition) is 3. The summed E-state index contributed by atoms with van der Waals surface area (Å²) in [6.07, 6.45) is 0.653. The lowest BCUT2D eigenvalue weighted by Crippen LogP contribution is -2.45. The second-order valence-corrected chi connectivity index (χ2v) is 5.22. The summed E-state index contributed by atoms with van der Waals surface area (Å²) in [4.78, 5) is 22.2. The van der Waals surface area contributed by atoms with Crippen LogP contribution in [-0.2, 0) is 16.0 Å². The highest BCUT2D eigenvalue weighted by molar-refractivity contribution is 6.30. The third kappa shape index (κ3) is 6.04. The highest BCUT2D eigenvalue weighted by atomic mass is 35.5. The van der Waals surface area contributed by atoms with Gasteiger partial charge < -0.3 is 16.2 Å². The maximum Gasteiger partial charge on any atom is 0.303 e. The van der Waals surface area contributed by atoms with Gasteiger partial charge in [-0.25, -0.2) is 0 Å². The van der Waals surface area contributed by atoms with Crippen LogP contribution in [0.4, 0.5) is 0 Å². The Bertz CT molecular complexity index is 479. The standard InChI is InChI=1S/C14H19ClN2O3/c1-9(7-10-3-2-4-11(15)8-10)17-14(20)12(16)5-6-13(18)19/h2-4,8-9,12H,5-7,16H2,1H3,(H,17,20)(H,18,19). The Morgan fingerprint density at radius 1 is 1.45 bits per heavy atom. The number of aliphatic carboxylic acids is 1. The number of benzene rings is 1. The number of carboxylic acids is 1. The van der Waals surface area contributed by atoms with Crippen molar-refractivity contribution in [2.75, 3.05) is 0 Å². The molecule has 0 spiro atoms. The molecule has 1 aromatic rings. The number of nitrogens with one attached hydrogen (secondary N) is 1. The molecule has 20 heavy (non-hydrogen) atoms. The van der Waals surface area contributed by atoms with Gasteiger partial charge in [-0.05, 0) is 37.5 Å². The fourth-order valence-electron chi connectivity index (χ4n) is 1.83. The van der Waals surface area contributed by atoms with E-state index in [0.29, 0.717) is 11.4 Å². The van der Waals surface area contributed by atoms with Gasteiger partial charge in [0.1, 0.15) is 0 Å².